The zero-order valence-corrected chi connectivity index (χ0v) is 16.9. The van der Waals surface area contributed by atoms with Gasteiger partial charge in [0, 0.05) is 42.6 Å². The molecular weight excluding hydrogens is 368 g/mol. The second kappa shape index (κ2) is 9.28. The molecule has 0 spiro atoms. The summed E-state index contributed by atoms with van der Waals surface area (Å²) >= 11 is 0. The Hall–Kier alpha value is -2.58. The van der Waals surface area contributed by atoms with Crippen molar-refractivity contribution in [3.05, 3.63) is 41.5 Å². The Labute approximate surface area is 171 Å². The van der Waals surface area contributed by atoms with E-state index in [1.807, 2.05) is 31.2 Å². The first-order valence-electron chi connectivity index (χ1n) is 10.2. The number of aryl methyl sites for hydroxylation is 1. The Morgan fingerprint density at radius 3 is 2.90 bits per heavy atom. The first-order chi connectivity index (χ1) is 13.9. The van der Waals surface area contributed by atoms with Crippen LogP contribution in [0.4, 0.5) is 0 Å². The number of ketones is 1. The van der Waals surface area contributed by atoms with Crippen molar-refractivity contribution in [3.8, 4) is 17.6 Å². The fourth-order valence-electron chi connectivity index (χ4n) is 4.32. The van der Waals surface area contributed by atoms with Crippen LogP contribution < -0.4 is 4.74 Å². The number of hydrogen-bond donors (Lipinski definition) is 2. The van der Waals surface area contributed by atoms with E-state index in [9.17, 15) is 14.7 Å². The molecule has 5 atom stereocenters. The molecule has 0 saturated heterocycles. The smallest absolute Gasteiger partial charge is 0.303 e. The Bertz CT molecular complexity index is 860. The van der Waals surface area contributed by atoms with Gasteiger partial charge >= 0.3 is 5.97 Å². The van der Waals surface area contributed by atoms with Crippen LogP contribution in [0.2, 0.25) is 0 Å². The summed E-state index contributed by atoms with van der Waals surface area (Å²) in [5.74, 6) is 5.46. The summed E-state index contributed by atoms with van der Waals surface area (Å²) in [5.41, 5.74) is 2.06. The number of carbonyl (C=O) groups excluding carboxylic acids is 1. The topological polar surface area (TPSA) is 83.8 Å². The number of carboxylic acid groups (broad SMARTS) is 1. The molecule has 154 valence electrons. The largest absolute Gasteiger partial charge is 0.489 e. The molecule has 2 N–H and O–H groups in total. The van der Waals surface area contributed by atoms with Gasteiger partial charge in [-0.15, -0.1) is 11.8 Å². The molecule has 1 aromatic rings. The fraction of sp³-hybridized carbons (Fsp3) is 0.500. The first kappa shape index (κ1) is 21.1. The molecule has 0 unspecified atom stereocenters. The lowest BCUT2D eigenvalue weighted by Crippen LogP contribution is -2.17. The van der Waals surface area contributed by atoms with Crippen LogP contribution >= 0.6 is 0 Å². The van der Waals surface area contributed by atoms with Crippen molar-refractivity contribution in [1.82, 2.24) is 0 Å². The van der Waals surface area contributed by atoms with Gasteiger partial charge in [0.2, 0.25) is 0 Å². The molecule has 1 aromatic carbocycles. The molecule has 0 amide bonds. The molecule has 3 rings (SSSR count). The van der Waals surface area contributed by atoms with E-state index >= 15 is 0 Å². The van der Waals surface area contributed by atoms with E-state index in [0.717, 1.165) is 16.9 Å². The summed E-state index contributed by atoms with van der Waals surface area (Å²) < 4.78 is 6.18. The van der Waals surface area contributed by atoms with Crippen molar-refractivity contribution in [3.63, 3.8) is 0 Å². The van der Waals surface area contributed by atoms with Gasteiger partial charge in [-0.3, -0.25) is 9.59 Å². The number of para-hydroxylation sites is 1. The standard InChI is InChI=1S/C24H28O5/c1-3-4-7-15(2)19(25)13-12-17-20(26)14-21-23(17)18-10-5-8-16(24(18)29-21)9-6-11-22(27)28/h5,8,10,12-13,15,17,20-21,23,26H,6-7,9,11,14H2,1-2H3,(H,27,28)/b13-12+/t15-,17-,20+,21-,23-/m1/s1. The van der Waals surface area contributed by atoms with E-state index in [1.54, 1.807) is 13.0 Å². The zero-order valence-electron chi connectivity index (χ0n) is 16.9. The van der Waals surface area contributed by atoms with Crippen LogP contribution in [0.5, 0.6) is 5.75 Å². The van der Waals surface area contributed by atoms with Crippen LogP contribution in [0, 0.1) is 23.7 Å². The summed E-state index contributed by atoms with van der Waals surface area (Å²) in [6.07, 6.45) is 5.14. The number of ether oxygens (including phenoxy) is 1. The number of aliphatic hydroxyl groups excluding tert-OH is 1. The molecule has 1 aliphatic heterocycles. The molecule has 1 aliphatic carbocycles. The number of carbonyl (C=O) groups is 2. The number of carboxylic acids is 1. The zero-order chi connectivity index (χ0) is 21.0. The monoisotopic (exact) mass is 396 g/mol. The lowest BCUT2D eigenvalue weighted by atomic mass is 9.86. The van der Waals surface area contributed by atoms with Crippen molar-refractivity contribution in [2.45, 2.75) is 64.1 Å². The Morgan fingerprint density at radius 1 is 1.38 bits per heavy atom. The maximum atomic E-state index is 12.4. The highest BCUT2D eigenvalue weighted by molar-refractivity contribution is 5.91. The summed E-state index contributed by atoms with van der Waals surface area (Å²) in [4.78, 5) is 23.2. The average Bonchev–Trinajstić information content (AvgIpc) is 3.19. The van der Waals surface area contributed by atoms with Crippen molar-refractivity contribution in [2.75, 3.05) is 0 Å². The van der Waals surface area contributed by atoms with Gasteiger partial charge in [0.25, 0.3) is 0 Å². The predicted octanol–water partition coefficient (Wildman–Crippen LogP) is 3.49. The quantitative estimate of drug-likeness (QED) is 0.519. The molecule has 0 aromatic heterocycles. The van der Waals surface area contributed by atoms with E-state index in [-0.39, 0.29) is 36.1 Å². The van der Waals surface area contributed by atoms with Gasteiger partial charge in [-0.2, -0.15) is 0 Å². The van der Waals surface area contributed by atoms with Crippen LogP contribution in [0.1, 0.15) is 56.6 Å². The number of benzene rings is 1. The van der Waals surface area contributed by atoms with E-state index < -0.39 is 12.1 Å². The normalized spacial score (nSPS) is 25.6. The van der Waals surface area contributed by atoms with E-state index in [4.69, 9.17) is 9.84 Å². The molecule has 0 bridgehead atoms. The molecule has 29 heavy (non-hydrogen) atoms. The third-order valence-electron chi connectivity index (χ3n) is 5.88. The molecule has 1 heterocycles. The third-order valence-corrected chi connectivity index (χ3v) is 5.88. The maximum absolute atomic E-state index is 12.4. The molecule has 2 aliphatic rings. The van der Waals surface area contributed by atoms with Crippen molar-refractivity contribution >= 4 is 11.8 Å². The number of fused-ring (bicyclic) bond motifs is 3. The molecule has 0 radical (unpaired) electrons. The Kier molecular flexibility index (Phi) is 6.76. The first-order valence-corrected chi connectivity index (χ1v) is 10.2. The average molecular weight is 396 g/mol. The summed E-state index contributed by atoms with van der Waals surface area (Å²) in [7, 11) is 0. The predicted molar refractivity (Wildman–Crippen MR) is 110 cm³/mol. The second-order valence-corrected chi connectivity index (χ2v) is 7.94. The number of allylic oxidation sites excluding steroid dienone is 1. The molecule has 1 saturated carbocycles. The number of hydrogen-bond acceptors (Lipinski definition) is 4. The van der Waals surface area contributed by atoms with Crippen LogP contribution in [-0.4, -0.2) is 34.2 Å². The third kappa shape index (κ3) is 4.71. The summed E-state index contributed by atoms with van der Waals surface area (Å²) in [6.45, 7) is 3.62. The number of aliphatic carboxylic acids is 1. The van der Waals surface area contributed by atoms with Crippen molar-refractivity contribution in [2.24, 2.45) is 11.8 Å². The minimum Gasteiger partial charge on any atom is -0.489 e. The highest BCUT2D eigenvalue weighted by Gasteiger charge is 2.48. The van der Waals surface area contributed by atoms with Gasteiger partial charge in [-0.05, 0) is 31.4 Å². The van der Waals surface area contributed by atoms with Gasteiger partial charge in [0.05, 0.1) is 6.10 Å². The molecule has 5 heteroatoms. The number of aliphatic hydroxyl groups is 1. The van der Waals surface area contributed by atoms with Crippen LogP contribution in [-0.2, 0) is 16.0 Å². The summed E-state index contributed by atoms with van der Waals surface area (Å²) in [5, 5.41) is 19.4. The van der Waals surface area contributed by atoms with Crippen molar-refractivity contribution in [1.29, 1.82) is 0 Å². The molecule has 5 nitrogen and oxygen atoms in total. The Morgan fingerprint density at radius 2 is 2.17 bits per heavy atom. The van der Waals surface area contributed by atoms with Gasteiger partial charge < -0.3 is 14.9 Å². The summed E-state index contributed by atoms with van der Waals surface area (Å²) in [6, 6.07) is 5.95. The molecular formula is C24H28O5. The highest BCUT2D eigenvalue weighted by atomic mass is 16.5. The maximum Gasteiger partial charge on any atom is 0.303 e. The van der Waals surface area contributed by atoms with Crippen LogP contribution in [0.15, 0.2) is 30.4 Å². The molecule has 1 fully saturated rings. The lowest BCUT2D eigenvalue weighted by Gasteiger charge is -2.17. The Balaban J connectivity index is 1.76. The van der Waals surface area contributed by atoms with Crippen LogP contribution in [0.25, 0.3) is 0 Å². The van der Waals surface area contributed by atoms with Gasteiger partial charge in [0.15, 0.2) is 5.78 Å². The second-order valence-electron chi connectivity index (χ2n) is 7.94. The highest BCUT2D eigenvalue weighted by Crippen LogP contribution is 2.52. The van der Waals surface area contributed by atoms with Crippen LogP contribution in [0.3, 0.4) is 0 Å². The SMILES string of the molecule is CC#CC[C@@H](C)C(=O)/C=C/[C@H]1[C@@H]2c3cccc(CCCC(=O)O)c3O[C@@H]2C[C@@H]1O. The van der Waals surface area contributed by atoms with E-state index in [1.165, 1.54) is 0 Å². The van der Waals surface area contributed by atoms with Gasteiger partial charge in [0.1, 0.15) is 11.9 Å². The van der Waals surface area contributed by atoms with E-state index in [0.29, 0.717) is 25.7 Å². The minimum atomic E-state index is -0.799. The van der Waals surface area contributed by atoms with Gasteiger partial charge in [-0.25, -0.2) is 0 Å². The van der Waals surface area contributed by atoms with Gasteiger partial charge in [-0.1, -0.05) is 31.2 Å². The minimum absolute atomic E-state index is 0.00853. The fourth-order valence-corrected chi connectivity index (χ4v) is 4.32. The van der Waals surface area contributed by atoms with E-state index in [2.05, 4.69) is 11.8 Å². The lowest BCUT2D eigenvalue weighted by molar-refractivity contribution is -0.137. The van der Waals surface area contributed by atoms with Crippen molar-refractivity contribution < 1.29 is 24.5 Å². The number of rotatable bonds is 8.